The molecule has 1 heterocycles. The lowest BCUT2D eigenvalue weighted by Gasteiger charge is -2.48. The number of nitrogens with zero attached hydrogens (tertiary/aromatic N) is 3. The summed E-state index contributed by atoms with van der Waals surface area (Å²) in [5.74, 6) is -4.38. The van der Waals surface area contributed by atoms with Gasteiger partial charge in [-0.2, -0.15) is 0 Å². The molecule has 1 aliphatic rings. The van der Waals surface area contributed by atoms with Gasteiger partial charge in [0.1, 0.15) is 18.3 Å². The molecule has 0 bridgehead atoms. The summed E-state index contributed by atoms with van der Waals surface area (Å²) in [6.07, 6.45) is -6.59. The molecule has 38 heavy (non-hydrogen) atoms. The highest BCUT2D eigenvalue weighted by Gasteiger charge is 2.57. The summed E-state index contributed by atoms with van der Waals surface area (Å²) >= 11 is 0. The predicted molar refractivity (Wildman–Crippen MR) is 138 cm³/mol. The Morgan fingerprint density at radius 2 is 1.92 bits per heavy atom. The van der Waals surface area contributed by atoms with Crippen LogP contribution in [0.25, 0.3) is 10.4 Å². The van der Waals surface area contributed by atoms with Gasteiger partial charge in [-0.05, 0) is 23.7 Å². The highest BCUT2D eigenvalue weighted by Crippen LogP contribution is 2.36. The number of esters is 2. The third-order valence-electron chi connectivity index (χ3n) is 5.94. The highest BCUT2D eigenvalue weighted by molar-refractivity contribution is 6.76. The number of carbonyl (C=O) groups excluding carboxylic acids is 3. The fraction of sp³-hybridized carbons (Fsp3) is 0.625. The maximum Gasteiger partial charge on any atom is 0.366 e. The second kappa shape index (κ2) is 13.7. The Morgan fingerprint density at radius 1 is 1.26 bits per heavy atom. The van der Waals surface area contributed by atoms with Gasteiger partial charge in [0, 0.05) is 26.5 Å². The van der Waals surface area contributed by atoms with Gasteiger partial charge in [0.15, 0.2) is 0 Å². The molecule has 210 valence electrons. The SMILES string of the molecule is COC(=O)[C@@]1(OCC[Si](C)(C)C)C[C@H](OC(=O)c2ccccc2)[C@@H](NC(C)=O)[C@H]([C@H](O)[C@H](O)CN=[N+]=[N-])O1. The predicted octanol–water partition coefficient (Wildman–Crippen LogP) is 1.76. The van der Waals surface area contributed by atoms with Crippen LogP contribution in [0.15, 0.2) is 35.4 Å². The maximum absolute atomic E-state index is 13.1. The van der Waals surface area contributed by atoms with E-state index in [0.717, 1.165) is 7.11 Å². The smallest absolute Gasteiger partial charge is 0.366 e. The first-order chi connectivity index (χ1) is 17.8. The lowest BCUT2D eigenvalue weighted by molar-refractivity contribution is -0.310. The molecule has 0 aromatic heterocycles. The van der Waals surface area contributed by atoms with Gasteiger partial charge in [-0.3, -0.25) is 4.79 Å². The second-order valence-corrected chi connectivity index (χ2v) is 15.8. The summed E-state index contributed by atoms with van der Waals surface area (Å²) in [5, 5.41) is 27.4. The van der Waals surface area contributed by atoms with Crippen molar-refractivity contribution in [3.8, 4) is 0 Å². The number of rotatable bonds is 12. The number of amides is 1. The third kappa shape index (κ3) is 8.51. The van der Waals surface area contributed by atoms with E-state index in [1.54, 1.807) is 18.2 Å². The molecular weight excluding hydrogens is 516 g/mol. The zero-order chi connectivity index (χ0) is 28.5. The molecule has 0 aliphatic carbocycles. The molecule has 0 radical (unpaired) electrons. The largest absolute Gasteiger partial charge is 0.465 e. The van der Waals surface area contributed by atoms with Crippen molar-refractivity contribution in [3.05, 3.63) is 46.3 Å². The molecule has 14 heteroatoms. The Kier molecular flexibility index (Phi) is 11.2. The fourth-order valence-electron chi connectivity index (χ4n) is 3.94. The standard InChI is InChI=1S/C24H36N4O9Si/c1-15(29)27-19-18(36-22(32)16-9-7-6-8-10-16)13-24(23(33)34-2,35-11-12-38(3,4)5)37-21(19)20(31)17(30)14-26-28-25/h6-10,17-21,30-31H,11-14H2,1-5H3,(H,27,29)/t17-,18+,19-,20-,21-,24-/m1/s1. The van der Waals surface area contributed by atoms with Crippen molar-refractivity contribution in [3.63, 3.8) is 0 Å². The number of aliphatic hydroxyl groups excluding tert-OH is 2. The van der Waals surface area contributed by atoms with Gasteiger partial charge >= 0.3 is 11.9 Å². The molecule has 6 atom stereocenters. The van der Waals surface area contributed by atoms with Crippen molar-refractivity contribution in [2.75, 3.05) is 20.3 Å². The molecule has 1 aromatic carbocycles. The van der Waals surface area contributed by atoms with Gasteiger partial charge in [0.05, 0.1) is 37.8 Å². The van der Waals surface area contributed by atoms with Crippen LogP contribution < -0.4 is 5.32 Å². The number of ether oxygens (including phenoxy) is 4. The van der Waals surface area contributed by atoms with Crippen molar-refractivity contribution >= 4 is 25.9 Å². The van der Waals surface area contributed by atoms with Crippen LogP contribution in [-0.4, -0.2) is 92.6 Å². The van der Waals surface area contributed by atoms with Crippen LogP contribution >= 0.6 is 0 Å². The number of carbonyl (C=O) groups is 3. The molecule has 0 unspecified atom stereocenters. The van der Waals surface area contributed by atoms with E-state index < -0.39 is 68.7 Å². The maximum atomic E-state index is 13.1. The van der Waals surface area contributed by atoms with E-state index in [1.807, 2.05) is 0 Å². The number of nitrogens with one attached hydrogen (secondary N) is 1. The van der Waals surface area contributed by atoms with Crippen molar-refractivity contribution < 1.29 is 43.5 Å². The molecule has 0 saturated carbocycles. The number of hydrogen-bond donors (Lipinski definition) is 3. The Balaban J connectivity index is 2.55. The van der Waals surface area contributed by atoms with Crippen LogP contribution in [0.1, 0.15) is 23.7 Å². The Labute approximate surface area is 222 Å². The molecule has 1 amide bonds. The summed E-state index contributed by atoms with van der Waals surface area (Å²) in [4.78, 5) is 40.8. The zero-order valence-electron chi connectivity index (χ0n) is 22.2. The number of aliphatic hydroxyl groups is 2. The van der Waals surface area contributed by atoms with Crippen LogP contribution in [0.2, 0.25) is 25.7 Å². The van der Waals surface area contributed by atoms with Gasteiger partial charge in [-0.15, -0.1) is 0 Å². The Bertz CT molecular complexity index is 1020. The molecular formula is C24H36N4O9Si. The van der Waals surface area contributed by atoms with Crippen molar-refractivity contribution in [2.24, 2.45) is 5.11 Å². The Morgan fingerprint density at radius 3 is 2.47 bits per heavy atom. The van der Waals surface area contributed by atoms with Crippen LogP contribution in [-0.2, 0) is 28.5 Å². The molecule has 1 aromatic rings. The Hall–Kier alpha value is -3.00. The van der Waals surface area contributed by atoms with Gasteiger partial charge in [-0.25, -0.2) is 9.59 Å². The van der Waals surface area contributed by atoms with E-state index in [-0.39, 0.29) is 18.6 Å². The first-order valence-corrected chi connectivity index (χ1v) is 15.8. The van der Waals surface area contributed by atoms with Crippen molar-refractivity contribution in [2.45, 2.75) is 75.3 Å². The number of benzene rings is 1. The quantitative estimate of drug-likeness (QED) is 0.114. The minimum atomic E-state index is -2.13. The normalized spacial score (nSPS) is 24.9. The summed E-state index contributed by atoms with van der Waals surface area (Å²) in [5.41, 5.74) is 8.83. The average molecular weight is 553 g/mol. The first-order valence-electron chi connectivity index (χ1n) is 12.1. The minimum absolute atomic E-state index is 0.0963. The molecule has 1 saturated heterocycles. The molecule has 1 fully saturated rings. The van der Waals surface area contributed by atoms with E-state index >= 15 is 0 Å². The zero-order valence-corrected chi connectivity index (χ0v) is 23.2. The number of azide groups is 1. The fourth-order valence-corrected chi connectivity index (χ4v) is 4.65. The first kappa shape index (κ1) is 31.2. The van der Waals surface area contributed by atoms with Crippen LogP contribution in [0.3, 0.4) is 0 Å². The lowest BCUT2D eigenvalue weighted by atomic mass is 9.88. The van der Waals surface area contributed by atoms with E-state index in [0.29, 0.717) is 6.04 Å². The summed E-state index contributed by atoms with van der Waals surface area (Å²) < 4.78 is 22.7. The summed E-state index contributed by atoms with van der Waals surface area (Å²) in [7, 11) is -0.498. The minimum Gasteiger partial charge on any atom is -0.465 e. The van der Waals surface area contributed by atoms with E-state index in [4.69, 9.17) is 24.5 Å². The number of hydrogen-bond acceptors (Lipinski definition) is 10. The van der Waals surface area contributed by atoms with Gasteiger partial charge in [-0.1, -0.05) is 43.0 Å². The van der Waals surface area contributed by atoms with E-state index in [2.05, 4.69) is 35.0 Å². The van der Waals surface area contributed by atoms with E-state index in [1.165, 1.54) is 19.1 Å². The summed E-state index contributed by atoms with van der Waals surface area (Å²) in [6.45, 7) is 7.11. The molecule has 1 aliphatic heterocycles. The van der Waals surface area contributed by atoms with Crippen LogP contribution in [0, 0.1) is 0 Å². The molecule has 2 rings (SSSR count). The van der Waals surface area contributed by atoms with Crippen molar-refractivity contribution in [1.29, 1.82) is 0 Å². The topological polar surface area (TPSA) is 189 Å². The number of methoxy groups -OCH3 is 1. The van der Waals surface area contributed by atoms with Crippen LogP contribution in [0.5, 0.6) is 0 Å². The van der Waals surface area contributed by atoms with Gasteiger partial charge in [0.2, 0.25) is 5.91 Å². The van der Waals surface area contributed by atoms with Gasteiger partial charge < -0.3 is 34.5 Å². The molecule has 3 N–H and O–H groups in total. The summed E-state index contributed by atoms with van der Waals surface area (Å²) in [6, 6.07) is 7.50. The third-order valence-corrected chi connectivity index (χ3v) is 7.64. The second-order valence-electron chi connectivity index (χ2n) is 10.2. The molecule has 13 nitrogen and oxygen atoms in total. The van der Waals surface area contributed by atoms with Gasteiger partial charge in [0.25, 0.3) is 5.79 Å². The van der Waals surface area contributed by atoms with Crippen LogP contribution in [0.4, 0.5) is 0 Å². The highest BCUT2D eigenvalue weighted by atomic mass is 28.3. The van der Waals surface area contributed by atoms with Crippen molar-refractivity contribution in [1.82, 2.24) is 5.32 Å². The van der Waals surface area contributed by atoms with E-state index in [9.17, 15) is 24.6 Å². The average Bonchev–Trinajstić information content (AvgIpc) is 2.87. The lowest BCUT2D eigenvalue weighted by Crippen LogP contribution is -2.68. The molecule has 0 spiro atoms. The monoisotopic (exact) mass is 552 g/mol.